The van der Waals surface area contributed by atoms with Crippen molar-refractivity contribution in [2.75, 3.05) is 13.2 Å². The normalized spacial score (nSPS) is 20.8. The summed E-state index contributed by atoms with van der Waals surface area (Å²) in [5, 5.41) is 11.8. The number of aliphatic carboxylic acids is 1. The topological polar surface area (TPSA) is 95.9 Å². The van der Waals surface area contributed by atoms with Gasteiger partial charge in [-0.1, -0.05) is 48.5 Å². The third-order valence-electron chi connectivity index (χ3n) is 6.56. The van der Waals surface area contributed by atoms with Crippen LogP contribution in [-0.2, 0) is 14.3 Å². The van der Waals surface area contributed by atoms with Crippen LogP contribution in [0.15, 0.2) is 48.5 Å². The third-order valence-corrected chi connectivity index (χ3v) is 6.56. The molecule has 1 aliphatic carbocycles. The minimum absolute atomic E-state index is 0.0470. The predicted octanol–water partition coefficient (Wildman–Crippen LogP) is 3.63. The second-order valence-corrected chi connectivity index (χ2v) is 8.63. The maximum absolute atomic E-state index is 12.8. The molecule has 0 bridgehead atoms. The Hall–Kier alpha value is -3.35. The van der Waals surface area contributed by atoms with E-state index in [1.54, 1.807) is 11.8 Å². The lowest BCUT2D eigenvalue weighted by molar-refractivity contribution is -0.147. The molecule has 2 aliphatic rings. The third kappa shape index (κ3) is 4.20. The molecule has 1 heterocycles. The monoisotopic (exact) mass is 436 g/mol. The summed E-state index contributed by atoms with van der Waals surface area (Å²) >= 11 is 0. The van der Waals surface area contributed by atoms with Crippen LogP contribution in [0.3, 0.4) is 0 Å². The number of carboxylic acids is 1. The Morgan fingerprint density at radius 1 is 1.09 bits per heavy atom. The molecule has 1 saturated heterocycles. The van der Waals surface area contributed by atoms with Crippen LogP contribution in [0.25, 0.3) is 11.1 Å². The maximum atomic E-state index is 12.8. The highest BCUT2D eigenvalue weighted by molar-refractivity contribution is 5.86. The van der Waals surface area contributed by atoms with Crippen molar-refractivity contribution in [1.82, 2.24) is 10.2 Å². The Kier molecular flexibility index (Phi) is 6.17. The Balaban J connectivity index is 1.34. The SMILES string of the molecule is CC(NC(=O)OCC1c2ccccc2-c2ccccc21)C(=O)N1CCC(C(=O)O)CC1C. The number of carboxylic acid groups (broad SMARTS) is 1. The molecule has 0 saturated carbocycles. The molecule has 3 atom stereocenters. The number of carbonyl (C=O) groups is 3. The van der Waals surface area contributed by atoms with Crippen molar-refractivity contribution in [2.45, 2.75) is 44.7 Å². The molecule has 2 aromatic rings. The fourth-order valence-electron chi connectivity index (χ4n) is 4.85. The number of alkyl carbamates (subject to hydrolysis) is 1. The number of nitrogens with zero attached hydrogens (tertiary/aromatic N) is 1. The zero-order valence-electron chi connectivity index (χ0n) is 18.3. The number of benzene rings is 2. The Morgan fingerprint density at radius 2 is 1.69 bits per heavy atom. The first-order chi connectivity index (χ1) is 15.4. The highest BCUT2D eigenvalue weighted by Gasteiger charge is 2.35. The van der Waals surface area contributed by atoms with Gasteiger partial charge in [0.15, 0.2) is 0 Å². The van der Waals surface area contributed by atoms with E-state index >= 15 is 0 Å². The average Bonchev–Trinajstić information content (AvgIpc) is 3.11. The molecule has 3 unspecified atom stereocenters. The molecule has 0 aromatic heterocycles. The fraction of sp³-hybridized carbons (Fsp3) is 0.400. The molecule has 2 amide bonds. The summed E-state index contributed by atoms with van der Waals surface area (Å²) < 4.78 is 5.52. The van der Waals surface area contributed by atoms with Gasteiger partial charge in [0, 0.05) is 18.5 Å². The van der Waals surface area contributed by atoms with E-state index in [0.29, 0.717) is 19.4 Å². The van der Waals surface area contributed by atoms with Gasteiger partial charge in [0.1, 0.15) is 12.6 Å². The predicted molar refractivity (Wildman–Crippen MR) is 119 cm³/mol. The van der Waals surface area contributed by atoms with E-state index in [0.717, 1.165) is 22.3 Å². The first kappa shape index (κ1) is 21.9. The van der Waals surface area contributed by atoms with Gasteiger partial charge in [-0.25, -0.2) is 4.79 Å². The van der Waals surface area contributed by atoms with E-state index in [2.05, 4.69) is 29.6 Å². The first-order valence-electron chi connectivity index (χ1n) is 11.0. The largest absolute Gasteiger partial charge is 0.481 e. The zero-order chi connectivity index (χ0) is 22.8. The molecule has 32 heavy (non-hydrogen) atoms. The van der Waals surface area contributed by atoms with Gasteiger partial charge in [0.2, 0.25) is 5.91 Å². The van der Waals surface area contributed by atoms with Crippen molar-refractivity contribution < 1.29 is 24.2 Å². The van der Waals surface area contributed by atoms with Crippen molar-refractivity contribution in [1.29, 1.82) is 0 Å². The average molecular weight is 437 g/mol. The summed E-state index contributed by atoms with van der Waals surface area (Å²) in [6.07, 6.45) is 0.197. The number of nitrogens with one attached hydrogen (secondary N) is 1. The molecule has 4 rings (SSSR count). The lowest BCUT2D eigenvalue weighted by Gasteiger charge is -2.37. The number of likely N-dealkylation sites (tertiary alicyclic amines) is 1. The van der Waals surface area contributed by atoms with Crippen LogP contribution in [0.2, 0.25) is 0 Å². The van der Waals surface area contributed by atoms with E-state index in [1.165, 1.54) is 0 Å². The molecule has 168 valence electrons. The van der Waals surface area contributed by atoms with E-state index in [-0.39, 0.29) is 24.5 Å². The molecule has 0 spiro atoms. The number of hydrogen-bond acceptors (Lipinski definition) is 4. The standard InChI is InChI=1S/C25H28N2O5/c1-15-13-17(24(29)30)11-12-27(15)23(28)16(2)26-25(31)32-14-22-20-9-5-3-7-18(20)19-8-4-6-10-21(19)22/h3-10,15-17,22H,11-14H2,1-2H3,(H,26,31)(H,29,30). The molecule has 2 aromatic carbocycles. The van der Waals surface area contributed by atoms with E-state index in [1.807, 2.05) is 31.2 Å². The van der Waals surface area contributed by atoms with Crippen molar-refractivity contribution in [2.24, 2.45) is 5.92 Å². The minimum atomic E-state index is -0.825. The zero-order valence-corrected chi connectivity index (χ0v) is 18.3. The van der Waals surface area contributed by atoms with Gasteiger partial charge in [-0.2, -0.15) is 0 Å². The van der Waals surface area contributed by atoms with Gasteiger partial charge in [-0.15, -0.1) is 0 Å². The molecule has 7 heteroatoms. The van der Waals surface area contributed by atoms with Crippen molar-refractivity contribution in [3.05, 3.63) is 59.7 Å². The van der Waals surface area contributed by atoms with Crippen LogP contribution in [0, 0.1) is 5.92 Å². The van der Waals surface area contributed by atoms with E-state index in [9.17, 15) is 19.5 Å². The molecule has 1 aliphatic heterocycles. The van der Waals surface area contributed by atoms with Crippen LogP contribution in [-0.4, -0.2) is 53.2 Å². The first-order valence-corrected chi connectivity index (χ1v) is 11.0. The number of hydrogen-bond donors (Lipinski definition) is 2. The summed E-state index contributed by atoms with van der Waals surface area (Å²) in [4.78, 5) is 38.1. The van der Waals surface area contributed by atoms with Crippen molar-refractivity contribution in [3.8, 4) is 11.1 Å². The van der Waals surface area contributed by atoms with Crippen LogP contribution in [0.1, 0.15) is 43.7 Å². The van der Waals surface area contributed by atoms with E-state index < -0.39 is 24.0 Å². The highest BCUT2D eigenvalue weighted by Crippen LogP contribution is 2.44. The van der Waals surface area contributed by atoms with Gasteiger partial charge in [-0.05, 0) is 48.9 Å². The molecule has 1 fully saturated rings. The maximum Gasteiger partial charge on any atom is 0.407 e. The second kappa shape index (κ2) is 9.02. The lowest BCUT2D eigenvalue weighted by Crippen LogP contribution is -2.53. The summed E-state index contributed by atoms with van der Waals surface area (Å²) in [6, 6.07) is 15.3. The number of rotatable bonds is 5. The summed E-state index contributed by atoms with van der Waals surface area (Å²) in [5.74, 6) is -1.53. The van der Waals surface area contributed by atoms with Crippen LogP contribution >= 0.6 is 0 Å². The van der Waals surface area contributed by atoms with E-state index in [4.69, 9.17) is 4.74 Å². The molecule has 0 radical (unpaired) electrons. The summed E-state index contributed by atoms with van der Waals surface area (Å²) in [5.41, 5.74) is 4.56. The van der Waals surface area contributed by atoms with Crippen molar-refractivity contribution >= 4 is 18.0 Å². The van der Waals surface area contributed by atoms with Gasteiger partial charge in [-0.3, -0.25) is 9.59 Å². The number of ether oxygens (including phenoxy) is 1. The Morgan fingerprint density at radius 3 is 2.25 bits per heavy atom. The summed E-state index contributed by atoms with van der Waals surface area (Å²) in [6.45, 7) is 4.02. The number of fused-ring (bicyclic) bond motifs is 3. The van der Waals surface area contributed by atoms with Gasteiger partial charge >= 0.3 is 12.1 Å². The second-order valence-electron chi connectivity index (χ2n) is 8.63. The minimum Gasteiger partial charge on any atom is -0.481 e. The van der Waals surface area contributed by atoms with Crippen LogP contribution < -0.4 is 5.32 Å². The van der Waals surface area contributed by atoms with Gasteiger partial charge in [0.25, 0.3) is 0 Å². The molecule has 2 N–H and O–H groups in total. The Bertz CT molecular complexity index is 991. The number of carbonyl (C=O) groups excluding carboxylic acids is 2. The Labute approximate surface area is 187 Å². The summed E-state index contributed by atoms with van der Waals surface area (Å²) in [7, 11) is 0. The molecular formula is C25H28N2O5. The van der Waals surface area contributed by atoms with Gasteiger partial charge in [0.05, 0.1) is 5.92 Å². The van der Waals surface area contributed by atoms with Crippen molar-refractivity contribution in [3.63, 3.8) is 0 Å². The van der Waals surface area contributed by atoms with Gasteiger partial charge < -0.3 is 20.1 Å². The van der Waals surface area contributed by atoms with Crippen LogP contribution in [0.5, 0.6) is 0 Å². The smallest absolute Gasteiger partial charge is 0.407 e. The fourth-order valence-corrected chi connectivity index (χ4v) is 4.85. The molecular weight excluding hydrogens is 408 g/mol. The van der Waals surface area contributed by atoms with Crippen LogP contribution in [0.4, 0.5) is 4.79 Å². The quantitative estimate of drug-likeness (QED) is 0.746. The lowest BCUT2D eigenvalue weighted by atomic mass is 9.91. The molecule has 7 nitrogen and oxygen atoms in total. The number of amides is 2. The number of piperidine rings is 1. The highest BCUT2D eigenvalue weighted by atomic mass is 16.5.